The molecule has 1 fully saturated rings. The Bertz CT molecular complexity index is 839. The molecule has 1 aromatic heterocycles. The monoisotopic (exact) mass is 387 g/mol. The van der Waals surface area contributed by atoms with Crippen LogP contribution in [0.2, 0.25) is 0 Å². The van der Waals surface area contributed by atoms with Crippen LogP contribution in [0.25, 0.3) is 11.1 Å². The number of nitrogens with zero attached hydrogens (tertiary/aromatic N) is 4. The molecular weight excluding hydrogens is 358 g/mol. The Hall–Kier alpha value is -2.61. The van der Waals surface area contributed by atoms with Crippen LogP contribution >= 0.6 is 0 Å². The molecule has 1 aromatic carbocycles. The summed E-state index contributed by atoms with van der Waals surface area (Å²) in [7, 11) is 3.45. The molecule has 1 aliphatic heterocycles. The molecule has 0 radical (unpaired) electrons. The minimum absolute atomic E-state index is 0.00829. The van der Waals surface area contributed by atoms with Crippen molar-refractivity contribution in [1.29, 1.82) is 0 Å². The van der Waals surface area contributed by atoms with E-state index >= 15 is 0 Å². The van der Waals surface area contributed by atoms with Crippen molar-refractivity contribution in [2.75, 3.05) is 40.3 Å². The Labute approximate surface area is 165 Å². The fourth-order valence-corrected chi connectivity index (χ4v) is 3.14. The molecule has 2 aromatic rings. The molecule has 1 aliphatic rings. The zero-order valence-electron chi connectivity index (χ0n) is 17.1. The zero-order valence-corrected chi connectivity index (χ0v) is 17.1. The summed E-state index contributed by atoms with van der Waals surface area (Å²) < 4.78 is 5.84. The summed E-state index contributed by atoms with van der Waals surface area (Å²) in [5, 5.41) is 3.01. The number of carbonyl (C=O) groups is 2. The van der Waals surface area contributed by atoms with Crippen LogP contribution in [0.3, 0.4) is 0 Å². The summed E-state index contributed by atoms with van der Waals surface area (Å²) >= 11 is 0. The predicted molar refractivity (Wildman–Crippen MR) is 107 cm³/mol. The van der Waals surface area contributed by atoms with Crippen molar-refractivity contribution in [3.63, 3.8) is 0 Å². The normalized spacial score (nSPS) is 16.2. The van der Waals surface area contributed by atoms with Crippen LogP contribution in [0.1, 0.15) is 36.5 Å². The van der Waals surface area contributed by atoms with E-state index in [9.17, 15) is 9.59 Å². The molecule has 0 saturated carbocycles. The smallest absolute Gasteiger partial charge is 0.317 e. The van der Waals surface area contributed by atoms with Crippen molar-refractivity contribution in [2.24, 2.45) is 0 Å². The average Bonchev–Trinajstić information content (AvgIpc) is 3.08. The van der Waals surface area contributed by atoms with Gasteiger partial charge in [-0.05, 0) is 31.5 Å². The highest BCUT2D eigenvalue weighted by Gasteiger charge is 2.23. The molecule has 0 unspecified atom stereocenters. The number of benzene rings is 1. The van der Waals surface area contributed by atoms with Gasteiger partial charge in [-0.25, -0.2) is 9.78 Å². The first-order valence-corrected chi connectivity index (χ1v) is 9.76. The van der Waals surface area contributed by atoms with Crippen molar-refractivity contribution in [3.05, 3.63) is 29.7 Å². The number of urea groups is 1. The number of amides is 3. The summed E-state index contributed by atoms with van der Waals surface area (Å²) in [6.07, 6.45) is 0.922. The van der Waals surface area contributed by atoms with Crippen LogP contribution in [0.15, 0.2) is 22.6 Å². The third-order valence-corrected chi connectivity index (χ3v) is 5.09. The topological polar surface area (TPSA) is 81.9 Å². The van der Waals surface area contributed by atoms with Gasteiger partial charge in [-0.15, -0.1) is 0 Å². The minimum atomic E-state index is -0.0572. The fourth-order valence-electron chi connectivity index (χ4n) is 3.14. The molecule has 1 N–H and O–H groups in total. The van der Waals surface area contributed by atoms with Gasteiger partial charge in [0, 0.05) is 51.9 Å². The van der Waals surface area contributed by atoms with Gasteiger partial charge in [0.25, 0.3) is 5.91 Å². The SMILES string of the molecule is CC[C@H](C)NC(=O)N1CCN(Cc2nc3cc(C(=O)N(C)C)ccc3o2)CC1. The van der Waals surface area contributed by atoms with Gasteiger partial charge < -0.3 is 19.5 Å². The molecule has 1 saturated heterocycles. The fraction of sp³-hybridized carbons (Fsp3) is 0.550. The van der Waals surface area contributed by atoms with Crippen LogP contribution in [0.4, 0.5) is 4.79 Å². The molecule has 152 valence electrons. The van der Waals surface area contributed by atoms with Crippen molar-refractivity contribution >= 4 is 23.0 Å². The maximum Gasteiger partial charge on any atom is 0.317 e. The van der Waals surface area contributed by atoms with Crippen LogP contribution < -0.4 is 5.32 Å². The van der Waals surface area contributed by atoms with Gasteiger partial charge in [0.1, 0.15) is 5.52 Å². The molecule has 8 nitrogen and oxygen atoms in total. The predicted octanol–water partition coefficient (Wildman–Crippen LogP) is 2.16. The first-order valence-electron chi connectivity index (χ1n) is 9.76. The van der Waals surface area contributed by atoms with Crippen molar-refractivity contribution in [1.82, 2.24) is 25.0 Å². The number of hydrogen-bond donors (Lipinski definition) is 1. The van der Waals surface area contributed by atoms with Gasteiger partial charge in [0.2, 0.25) is 5.89 Å². The maximum absolute atomic E-state index is 12.2. The van der Waals surface area contributed by atoms with Crippen molar-refractivity contribution in [2.45, 2.75) is 32.9 Å². The lowest BCUT2D eigenvalue weighted by molar-refractivity contribution is 0.0827. The highest BCUT2D eigenvalue weighted by Crippen LogP contribution is 2.19. The van der Waals surface area contributed by atoms with E-state index in [4.69, 9.17) is 4.42 Å². The first kappa shape index (κ1) is 20.1. The molecule has 3 amide bonds. The van der Waals surface area contributed by atoms with Gasteiger partial charge in [-0.1, -0.05) is 6.92 Å². The van der Waals surface area contributed by atoms with E-state index in [0.717, 1.165) is 19.5 Å². The highest BCUT2D eigenvalue weighted by atomic mass is 16.3. The van der Waals surface area contributed by atoms with Crippen molar-refractivity contribution < 1.29 is 14.0 Å². The lowest BCUT2D eigenvalue weighted by Crippen LogP contribution is -2.52. The van der Waals surface area contributed by atoms with Crippen LogP contribution in [-0.2, 0) is 6.54 Å². The standard InChI is InChI=1S/C20H29N5O3/c1-5-14(2)21-20(27)25-10-8-24(9-11-25)13-18-22-16-12-15(19(26)23(3)4)6-7-17(16)28-18/h6-7,12,14H,5,8-11,13H2,1-4H3,(H,21,27)/t14-/m0/s1. The summed E-state index contributed by atoms with van der Waals surface area (Å²) in [6.45, 7) is 7.58. The molecule has 1 atom stereocenters. The summed E-state index contributed by atoms with van der Waals surface area (Å²) in [4.78, 5) is 34.5. The van der Waals surface area contributed by atoms with E-state index in [1.165, 1.54) is 0 Å². The number of carbonyl (C=O) groups excluding carboxylic acids is 2. The van der Waals surface area contributed by atoms with Crippen LogP contribution in [0.5, 0.6) is 0 Å². The molecule has 28 heavy (non-hydrogen) atoms. The number of fused-ring (bicyclic) bond motifs is 1. The second kappa shape index (κ2) is 8.60. The van der Waals surface area contributed by atoms with Gasteiger partial charge in [-0.2, -0.15) is 0 Å². The van der Waals surface area contributed by atoms with E-state index in [1.54, 1.807) is 37.2 Å². The third kappa shape index (κ3) is 4.62. The van der Waals surface area contributed by atoms with Gasteiger partial charge in [0.15, 0.2) is 5.58 Å². The summed E-state index contributed by atoms with van der Waals surface area (Å²) in [5.41, 5.74) is 1.96. The quantitative estimate of drug-likeness (QED) is 0.850. The van der Waals surface area contributed by atoms with E-state index in [2.05, 4.69) is 22.1 Å². The van der Waals surface area contributed by atoms with Crippen molar-refractivity contribution in [3.8, 4) is 0 Å². The second-order valence-corrected chi connectivity index (χ2v) is 7.51. The van der Waals surface area contributed by atoms with E-state index in [-0.39, 0.29) is 18.0 Å². The van der Waals surface area contributed by atoms with E-state index in [0.29, 0.717) is 42.2 Å². The van der Waals surface area contributed by atoms with E-state index in [1.807, 2.05) is 11.8 Å². The molecule has 8 heteroatoms. The lowest BCUT2D eigenvalue weighted by Gasteiger charge is -2.34. The maximum atomic E-state index is 12.2. The number of oxazole rings is 1. The molecule has 3 rings (SSSR count). The van der Waals surface area contributed by atoms with Crippen LogP contribution in [0, 0.1) is 0 Å². The Kier molecular flexibility index (Phi) is 6.18. The number of rotatable bonds is 5. The highest BCUT2D eigenvalue weighted by molar-refractivity contribution is 5.96. The Balaban J connectivity index is 1.58. The molecular formula is C20H29N5O3. The Morgan fingerprint density at radius 3 is 2.61 bits per heavy atom. The Morgan fingerprint density at radius 1 is 1.25 bits per heavy atom. The molecule has 0 aliphatic carbocycles. The van der Waals surface area contributed by atoms with Gasteiger partial charge >= 0.3 is 6.03 Å². The third-order valence-electron chi connectivity index (χ3n) is 5.09. The molecule has 0 bridgehead atoms. The number of aromatic nitrogens is 1. The average molecular weight is 387 g/mol. The Morgan fingerprint density at radius 2 is 1.96 bits per heavy atom. The van der Waals surface area contributed by atoms with Crippen LogP contribution in [-0.4, -0.2) is 77.9 Å². The number of piperazine rings is 1. The number of nitrogens with one attached hydrogen (secondary N) is 1. The summed E-state index contributed by atoms with van der Waals surface area (Å²) in [5.74, 6) is 0.570. The second-order valence-electron chi connectivity index (χ2n) is 7.51. The lowest BCUT2D eigenvalue weighted by atomic mass is 10.2. The van der Waals surface area contributed by atoms with Gasteiger partial charge in [-0.3, -0.25) is 9.69 Å². The van der Waals surface area contributed by atoms with E-state index < -0.39 is 0 Å². The zero-order chi connectivity index (χ0) is 20.3. The molecule has 2 heterocycles. The summed E-state index contributed by atoms with van der Waals surface area (Å²) in [6, 6.07) is 5.51. The first-order chi connectivity index (χ1) is 13.4. The molecule has 0 spiro atoms. The number of hydrogen-bond acceptors (Lipinski definition) is 5. The minimum Gasteiger partial charge on any atom is -0.439 e. The largest absolute Gasteiger partial charge is 0.439 e. The van der Waals surface area contributed by atoms with Gasteiger partial charge in [0.05, 0.1) is 6.54 Å².